The second kappa shape index (κ2) is 6.17. The van der Waals surface area contributed by atoms with Gasteiger partial charge in [0.15, 0.2) is 6.10 Å². The average molecular weight is 270 g/mol. The van der Waals surface area contributed by atoms with E-state index in [2.05, 4.69) is 0 Å². The van der Waals surface area contributed by atoms with Gasteiger partial charge >= 0.3 is 11.9 Å². The van der Waals surface area contributed by atoms with Crippen LogP contribution in [0, 0.1) is 0 Å². The first kappa shape index (κ1) is 14.9. The van der Waals surface area contributed by atoms with Crippen LogP contribution >= 0.6 is 0 Å². The predicted molar refractivity (Wildman–Crippen MR) is 62.9 cm³/mol. The molecule has 0 saturated heterocycles. The summed E-state index contributed by atoms with van der Waals surface area (Å²) in [7, 11) is 1.36. The van der Waals surface area contributed by atoms with Crippen LogP contribution in [0.4, 0.5) is 0 Å². The number of methoxy groups -OCH3 is 1. The molecule has 0 aromatic heterocycles. The predicted octanol–water partition coefficient (Wildman–Crippen LogP) is -0.199. The minimum atomic E-state index is -1.98. The second-order valence-electron chi connectivity index (χ2n) is 3.87. The van der Waals surface area contributed by atoms with Crippen LogP contribution in [-0.4, -0.2) is 45.6 Å². The second-order valence-corrected chi connectivity index (χ2v) is 3.87. The van der Waals surface area contributed by atoms with Crippen LogP contribution in [0.5, 0.6) is 5.75 Å². The quantitative estimate of drug-likeness (QED) is 0.564. The number of aliphatic hydroxyl groups excluding tert-OH is 2. The van der Waals surface area contributed by atoms with Crippen molar-refractivity contribution in [3.05, 3.63) is 29.3 Å². The van der Waals surface area contributed by atoms with E-state index in [1.54, 1.807) is 0 Å². The fourth-order valence-corrected chi connectivity index (χ4v) is 1.60. The van der Waals surface area contributed by atoms with Crippen LogP contribution in [0.1, 0.15) is 17.2 Å². The Morgan fingerprint density at radius 3 is 2.37 bits per heavy atom. The van der Waals surface area contributed by atoms with E-state index in [0.717, 1.165) is 0 Å². The molecule has 7 heteroatoms. The van der Waals surface area contributed by atoms with Gasteiger partial charge in [-0.3, -0.25) is 4.79 Å². The van der Waals surface area contributed by atoms with Gasteiger partial charge in [0.1, 0.15) is 11.9 Å². The number of aliphatic carboxylic acids is 2. The number of benzene rings is 1. The molecule has 0 aliphatic rings. The Morgan fingerprint density at radius 1 is 1.26 bits per heavy atom. The molecule has 2 atom stereocenters. The molecule has 0 fully saturated rings. The highest BCUT2D eigenvalue weighted by molar-refractivity contribution is 5.73. The molecule has 1 aromatic carbocycles. The largest absolute Gasteiger partial charge is 0.496 e. The van der Waals surface area contributed by atoms with E-state index in [1.165, 1.54) is 25.3 Å². The highest BCUT2D eigenvalue weighted by atomic mass is 16.5. The van der Waals surface area contributed by atoms with Crippen molar-refractivity contribution in [3.8, 4) is 5.75 Å². The highest BCUT2D eigenvalue weighted by Crippen LogP contribution is 2.25. The van der Waals surface area contributed by atoms with E-state index in [9.17, 15) is 19.8 Å². The maximum absolute atomic E-state index is 10.7. The lowest BCUT2D eigenvalue weighted by atomic mass is 10.00. The lowest BCUT2D eigenvalue weighted by Gasteiger charge is -2.16. The first-order valence-electron chi connectivity index (χ1n) is 5.34. The molecule has 0 aliphatic heterocycles. The Hall–Kier alpha value is -2.12. The van der Waals surface area contributed by atoms with Crippen LogP contribution in [0.25, 0.3) is 0 Å². The first-order chi connectivity index (χ1) is 8.86. The molecule has 4 N–H and O–H groups in total. The summed E-state index contributed by atoms with van der Waals surface area (Å²) in [4.78, 5) is 21.3. The van der Waals surface area contributed by atoms with Crippen molar-refractivity contribution in [2.75, 3.05) is 7.11 Å². The Labute approximate surface area is 108 Å². The van der Waals surface area contributed by atoms with E-state index >= 15 is 0 Å². The minimum absolute atomic E-state index is 0.104. The molecule has 1 rings (SSSR count). The van der Waals surface area contributed by atoms with Gasteiger partial charge in [-0.1, -0.05) is 6.07 Å². The van der Waals surface area contributed by atoms with Crippen molar-refractivity contribution in [1.82, 2.24) is 0 Å². The normalized spacial score (nSPS) is 13.6. The Kier molecular flexibility index (Phi) is 4.85. The molecule has 104 valence electrons. The molecular weight excluding hydrogens is 256 g/mol. The number of ether oxygens (including phenoxy) is 1. The molecule has 7 nitrogen and oxygen atoms in total. The van der Waals surface area contributed by atoms with Gasteiger partial charge in [-0.2, -0.15) is 0 Å². The summed E-state index contributed by atoms with van der Waals surface area (Å²) < 4.78 is 4.97. The Bertz CT molecular complexity index is 483. The lowest BCUT2D eigenvalue weighted by molar-refractivity contribution is -0.153. The Morgan fingerprint density at radius 2 is 1.89 bits per heavy atom. The van der Waals surface area contributed by atoms with E-state index in [0.29, 0.717) is 5.75 Å². The van der Waals surface area contributed by atoms with Crippen LogP contribution in [0.15, 0.2) is 18.2 Å². The van der Waals surface area contributed by atoms with Crippen molar-refractivity contribution in [2.45, 2.75) is 18.6 Å². The average Bonchev–Trinajstić information content (AvgIpc) is 2.36. The summed E-state index contributed by atoms with van der Waals surface area (Å²) in [5.74, 6) is -2.35. The van der Waals surface area contributed by atoms with Crippen molar-refractivity contribution >= 4 is 11.9 Å². The number of carboxylic acid groups (broad SMARTS) is 2. The smallest absolute Gasteiger partial charge is 0.335 e. The molecule has 19 heavy (non-hydrogen) atoms. The number of hydrogen-bond acceptors (Lipinski definition) is 5. The van der Waals surface area contributed by atoms with Gasteiger partial charge in [0.05, 0.1) is 13.5 Å². The van der Waals surface area contributed by atoms with Crippen molar-refractivity contribution in [1.29, 1.82) is 0 Å². The van der Waals surface area contributed by atoms with Gasteiger partial charge in [-0.25, -0.2) is 4.79 Å². The number of carboxylic acids is 2. The zero-order valence-electron chi connectivity index (χ0n) is 10.1. The monoisotopic (exact) mass is 270 g/mol. The molecule has 0 spiro atoms. The summed E-state index contributed by atoms with van der Waals surface area (Å²) in [6, 6.07) is 4.07. The van der Waals surface area contributed by atoms with E-state index < -0.39 is 24.1 Å². The molecule has 1 aromatic rings. The molecule has 0 amide bonds. The van der Waals surface area contributed by atoms with Crippen molar-refractivity contribution in [2.24, 2.45) is 0 Å². The molecule has 0 heterocycles. The van der Waals surface area contributed by atoms with Gasteiger partial charge in [-0.05, 0) is 17.7 Å². The number of hydrogen-bond donors (Lipinski definition) is 4. The number of rotatable bonds is 6. The summed E-state index contributed by atoms with van der Waals surface area (Å²) >= 11 is 0. The van der Waals surface area contributed by atoms with E-state index in [4.69, 9.17) is 14.9 Å². The molecular formula is C12H14O7. The standard InChI is InChI=1S/C12H14O7/c1-19-8-3-2-6(4-7(8)5-9(13)14)10(15)11(16)12(17)18/h2-4,10-11,15-16H,5H2,1H3,(H,13,14)(H,17,18). The summed E-state index contributed by atoms with van der Waals surface area (Å²) in [5.41, 5.74) is 0.385. The van der Waals surface area contributed by atoms with Crippen molar-refractivity contribution < 1.29 is 34.8 Å². The molecule has 0 aliphatic carbocycles. The molecule has 0 saturated carbocycles. The zero-order valence-corrected chi connectivity index (χ0v) is 10.1. The van der Waals surface area contributed by atoms with Gasteiger partial charge < -0.3 is 25.2 Å². The van der Waals surface area contributed by atoms with Gasteiger partial charge in [0, 0.05) is 5.56 Å². The Balaban J connectivity index is 3.10. The third kappa shape index (κ3) is 3.67. The maximum atomic E-state index is 10.7. The fraction of sp³-hybridized carbons (Fsp3) is 0.333. The SMILES string of the molecule is COc1ccc(C(O)C(O)C(=O)O)cc1CC(=O)O. The first-order valence-corrected chi connectivity index (χ1v) is 5.34. The molecule has 0 bridgehead atoms. The van der Waals surface area contributed by atoms with Crippen LogP contribution in [-0.2, 0) is 16.0 Å². The molecule has 0 radical (unpaired) electrons. The van der Waals surface area contributed by atoms with Crippen LogP contribution < -0.4 is 4.74 Å². The highest BCUT2D eigenvalue weighted by Gasteiger charge is 2.25. The third-order valence-electron chi connectivity index (χ3n) is 2.54. The number of carbonyl (C=O) groups is 2. The molecule has 2 unspecified atom stereocenters. The van der Waals surface area contributed by atoms with Crippen LogP contribution in [0.3, 0.4) is 0 Å². The summed E-state index contributed by atoms with van der Waals surface area (Å²) in [5, 5.41) is 36.3. The fourth-order valence-electron chi connectivity index (χ4n) is 1.60. The van der Waals surface area contributed by atoms with Gasteiger partial charge in [0.25, 0.3) is 0 Å². The van der Waals surface area contributed by atoms with E-state index in [1.807, 2.05) is 0 Å². The van der Waals surface area contributed by atoms with Gasteiger partial charge in [-0.15, -0.1) is 0 Å². The lowest BCUT2D eigenvalue weighted by Crippen LogP contribution is -2.27. The van der Waals surface area contributed by atoms with Crippen LogP contribution in [0.2, 0.25) is 0 Å². The maximum Gasteiger partial charge on any atom is 0.335 e. The summed E-state index contributed by atoms with van der Waals surface area (Å²) in [6.07, 6.45) is -3.96. The van der Waals surface area contributed by atoms with Crippen molar-refractivity contribution in [3.63, 3.8) is 0 Å². The minimum Gasteiger partial charge on any atom is -0.496 e. The third-order valence-corrected chi connectivity index (χ3v) is 2.54. The number of aliphatic hydroxyl groups is 2. The van der Waals surface area contributed by atoms with Gasteiger partial charge in [0.2, 0.25) is 0 Å². The van der Waals surface area contributed by atoms with E-state index in [-0.39, 0.29) is 17.5 Å². The summed E-state index contributed by atoms with van der Waals surface area (Å²) in [6.45, 7) is 0. The topological polar surface area (TPSA) is 124 Å². The zero-order chi connectivity index (χ0) is 14.6.